The van der Waals surface area contributed by atoms with E-state index in [2.05, 4.69) is 42.7 Å². The number of rotatable bonds is 4. The standard InChI is InChI=1S/C17H19ClN2O/c1-11-4-5-12(2)14(8-11)10-19-17-9-15(18)6-7-16(17)20-13(3)21/h4-9,19H,10H2,1-3H3,(H,20,21). The molecule has 0 aromatic heterocycles. The Morgan fingerprint density at radius 1 is 1.10 bits per heavy atom. The van der Waals surface area contributed by atoms with Gasteiger partial charge >= 0.3 is 0 Å². The van der Waals surface area contributed by atoms with E-state index in [1.807, 2.05) is 6.07 Å². The largest absolute Gasteiger partial charge is 0.379 e. The van der Waals surface area contributed by atoms with Crippen LogP contribution in [0.2, 0.25) is 5.02 Å². The Morgan fingerprint density at radius 3 is 2.57 bits per heavy atom. The van der Waals surface area contributed by atoms with Crippen LogP contribution in [0, 0.1) is 13.8 Å². The monoisotopic (exact) mass is 302 g/mol. The van der Waals surface area contributed by atoms with Crippen molar-refractivity contribution in [2.24, 2.45) is 0 Å². The molecule has 0 heterocycles. The molecular formula is C17H19ClN2O. The van der Waals surface area contributed by atoms with Crippen LogP contribution in [0.25, 0.3) is 0 Å². The third kappa shape index (κ3) is 4.23. The van der Waals surface area contributed by atoms with Crippen LogP contribution in [-0.4, -0.2) is 5.91 Å². The Bertz CT molecular complexity index is 668. The van der Waals surface area contributed by atoms with E-state index in [1.165, 1.54) is 23.6 Å². The first-order chi connectivity index (χ1) is 9.95. The summed E-state index contributed by atoms with van der Waals surface area (Å²) in [5.41, 5.74) is 5.24. The molecule has 0 unspecified atom stereocenters. The summed E-state index contributed by atoms with van der Waals surface area (Å²) in [6.07, 6.45) is 0. The lowest BCUT2D eigenvalue weighted by Gasteiger charge is -2.14. The average Bonchev–Trinajstić information content (AvgIpc) is 2.42. The number of hydrogen-bond acceptors (Lipinski definition) is 2. The number of halogens is 1. The highest BCUT2D eigenvalue weighted by Crippen LogP contribution is 2.26. The lowest BCUT2D eigenvalue weighted by atomic mass is 10.1. The SMILES string of the molecule is CC(=O)Nc1ccc(Cl)cc1NCc1cc(C)ccc1C. The van der Waals surface area contributed by atoms with Crippen molar-refractivity contribution in [2.75, 3.05) is 10.6 Å². The zero-order valence-corrected chi connectivity index (χ0v) is 13.2. The number of carbonyl (C=O) groups excluding carboxylic acids is 1. The van der Waals surface area contributed by atoms with Gasteiger partial charge < -0.3 is 10.6 Å². The van der Waals surface area contributed by atoms with E-state index in [0.717, 1.165) is 11.4 Å². The highest BCUT2D eigenvalue weighted by molar-refractivity contribution is 6.31. The van der Waals surface area contributed by atoms with Crippen molar-refractivity contribution < 1.29 is 4.79 Å². The van der Waals surface area contributed by atoms with Crippen LogP contribution in [0.5, 0.6) is 0 Å². The molecule has 110 valence electrons. The van der Waals surface area contributed by atoms with Gasteiger partial charge in [-0.1, -0.05) is 35.4 Å². The second kappa shape index (κ2) is 6.64. The maximum absolute atomic E-state index is 11.3. The molecule has 3 nitrogen and oxygen atoms in total. The highest BCUT2D eigenvalue weighted by Gasteiger charge is 2.06. The van der Waals surface area contributed by atoms with Gasteiger partial charge in [0.25, 0.3) is 0 Å². The number of benzene rings is 2. The molecule has 0 spiro atoms. The Labute approximate surface area is 130 Å². The fourth-order valence-corrected chi connectivity index (χ4v) is 2.31. The molecule has 1 amide bonds. The van der Waals surface area contributed by atoms with Crippen LogP contribution in [-0.2, 0) is 11.3 Å². The quantitative estimate of drug-likeness (QED) is 0.871. The molecule has 0 aliphatic rings. The second-order valence-corrected chi connectivity index (χ2v) is 5.59. The smallest absolute Gasteiger partial charge is 0.221 e. The highest BCUT2D eigenvalue weighted by atomic mass is 35.5. The summed E-state index contributed by atoms with van der Waals surface area (Å²) in [5.74, 6) is -0.105. The molecule has 0 fully saturated rings. The van der Waals surface area contributed by atoms with E-state index in [-0.39, 0.29) is 5.91 Å². The van der Waals surface area contributed by atoms with Gasteiger partial charge in [0.05, 0.1) is 11.4 Å². The van der Waals surface area contributed by atoms with Crippen molar-refractivity contribution in [3.8, 4) is 0 Å². The van der Waals surface area contributed by atoms with Gasteiger partial charge in [-0.15, -0.1) is 0 Å². The van der Waals surface area contributed by atoms with Crippen LogP contribution < -0.4 is 10.6 Å². The predicted molar refractivity (Wildman–Crippen MR) is 89.0 cm³/mol. The Kier molecular flexibility index (Phi) is 4.86. The minimum Gasteiger partial charge on any atom is -0.379 e. The summed E-state index contributed by atoms with van der Waals surface area (Å²) >= 11 is 6.04. The van der Waals surface area contributed by atoms with Gasteiger partial charge in [0.15, 0.2) is 0 Å². The second-order valence-electron chi connectivity index (χ2n) is 5.15. The zero-order chi connectivity index (χ0) is 15.4. The maximum atomic E-state index is 11.3. The molecule has 4 heteroatoms. The Morgan fingerprint density at radius 2 is 1.86 bits per heavy atom. The molecule has 0 saturated carbocycles. The topological polar surface area (TPSA) is 41.1 Å². The van der Waals surface area contributed by atoms with Gasteiger partial charge in [-0.3, -0.25) is 4.79 Å². The van der Waals surface area contributed by atoms with E-state index in [9.17, 15) is 4.79 Å². The fourth-order valence-electron chi connectivity index (χ4n) is 2.14. The molecule has 0 atom stereocenters. The number of amides is 1. The number of nitrogens with one attached hydrogen (secondary N) is 2. The normalized spacial score (nSPS) is 10.3. The van der Waals surface area contributed by atoms with Gasteiger partial charge in [-0.05, 0) is 43.2 Å². The lowest BCUT2D eigenvalue weighted by molar-refractivity contribution is -0.114. The van der Waals surface area contributed by atoms with E-state index in [4.69, 9.17) is 11.6 Å². The van der Waals surface area contributed by atoms with Gasteiger partial charge in [-0.2, -0.15) is 0 Å². The first-order valence-electron chi connectivity index (χ1n) is 6.83. The van der Waals surface area contributed by atoms with E-state index in [0.29, 0.717) is 11.6 Å². The molecule has 21 heavy (non-hydrogen) atoms. The van der Waals surface area contributed by atoms with Crippen LogP contribution in [0.3, 0.4) is 0 Å². The minimum atomic E-state index is -0.105. The molecular weight excluding hydrogens is 284 g/mol. The van der Waals surface area contributed by atoms with Gasteiger partial charge in [0, 0.05) is 18.5 Å². The number of hydrogen-bond donors (Lipinski definition) is 2. The van der Waals surface area contributed by atoms with E-state index >= 15 is 0 Å². The first-order valence-corrected chi connectivity index (χ1v) is 7.20. The van der Waals surface area contributed by atoms with Crippen LogP contribution in [0.15, 0.2) is 36.4 Å². The summed E-state index contributed by atoms with van der Waals surface area (Å²) in [6.45, 7) is 6.33. The van der Waals surface area contributed by atoms with Crippen LogP contribution in [0.4, 0.5) is 11.4 Å². The molecule has 0 radical (unpaired) electrons. The van der Waals surface area contributed by atoms with Gasteiger partial charge in [0.2, 0.25) is 5.91 Å². The molecule has 2 rings (SSSR count). The number of anilines is 2. The zero-order valence-electron chi connectivity index (χ0n) is 12.5. The van der Waals surface area contributed by atoms with E-state index in [1.54, 1.807) is 12.1 Å². The van der Waals surface area contributed by atoms with Crippen molar-refractivity contribution >= 4 is 28.9 Å². The minimum absolute atomic E-state index is 0.105. The van der Waals surface area contributed by atoms with Crippen molar-refractivity contribution in [3.05, 3.63) is 58.1 Å². The van der Waals surface area contributed by atoms with Gasteiger partial charge in [0.1, 0.15) is 0 Å². The maximum Gasteiger partial charge on any atom is 0.221 e. The third-order valence-corrected chi connectivity index (χ3v) is 3.50. The van der Waals surface area contributed by atoms with Crippen LogP contribution >= 0.6 is 11.6 Å². The molecule has 2 aromatic carbocycles. The third-order valence-electron chi connectivity index (χ3n) is 3.27. The molecule has 0 bridgehead atoms. The van der Waals surface area contributed by atoms with Crippen LogP contribution in [0.1, 0.15) is 23.6 Å². The summed E-state index contributed by atoms with van der Waals surface area (Å²) < 4.78 is 0. The predicted octanol–water partition coefficient (Wildman–Crippen LogP) is 4.53. The molecule has 0 saturated heterocycles. The molecule has 2 N–H and O–H groups in total. The average molecular weight is 303 g/mol. The molecule has 0 aliphatic heterocycles. The van der Waals surface area contributed by atoms with Crippen molar-refractivity contribution in [2.45, 2.75) is 27.3 Å². The summed E-state index contributed by atoms with van der Waals surface area (Å²) in [6, 6.07) is 11.7. The molecule has 0 aliphatic carbocycles. The summed E-state index contributed by atoms with van der Waals surface area (Å²) in [4.78, 5) is 11.3. The van der Waals surface area contributed by atoms with Crippen molar-refractivity contribution in [1.82, 2.24) is 0 Å². The Balaban J connectivity index is 2.20. The first kappa shape index (κ1) is 15.4. The fraction of sp³-hybridized carbons (Fsp3) is 0.235. The lowest BCUT2D eigenvalue weighted by Crippen LogP contribution is -2.10. The number of aryl methyl sites for hydroxylation is 2. The van der Waals surface area contributed by atoms with Crippen molar-refractivity contribution in [3.63, 3.8) is 0 Å². The Hall–Kier alpha value is -2.00. The summed E-state index contributed by atoms with van der Waals surface area (Å²) in [7, 11) is 0. The van der Waals surface area contributed by atoms with Gasteiger partial charge in [-0.25, -0.2) is 0 Å². The van der Waals surface area contributed by atoms with E-state index < -0.39 is 0 Å². The molecule has 2 aromatic rings. The van der Waals surface area contributed by atoms with Crippen molar-refractivity contribution in [1.29, 1.82) is 0 Å². The summed E-state index contributed by atoms with van der Waals surface area (Å²) in [5, 5.41) is 6.78. The number of carbonyl (C=O) groups is 1.